The number of benzene rings is 3. The lowest BCUT2D eigenvalue weighted by atomic mass is 10.1. The molecule has 0 aliphatic carbocycles. The molecule has 0 aromatic heterocycles. The molecular formula is C26H20I2N2O5. The van der Waals surface area contributed by atoms with Crippen molar-refractivity contribution < 1.29 is 24.2 Å². The molecule has 0 atom stereocenters. The highest BCUT2D eigenvalue weighted by Gasteiger charge is 2.15. The molecule has 0 saturated heterocycles. The van der Waals surface area contributed by atoms with E-state index in [1.165, 1.54) is 24.3 Å². The van der Waals surface area contributed by atoms with Crippen molar-refractivity contribution in [3.05, 3.63) is 90.1 Å². The number of halogens is 2. The Morgan fingerprint density at radius 3 is 2.49 bits per heavy atom. The SMILES string of the molecule is CCOc1cc(/C=C(/C#N)C(=O)Nc2cccc(C(=O)O)c2)cc(I)c1OCc1ccc(I)cc1. The van der Waals surface area contributed by atoms with E-state index in [0.717, 1.165) is 12.7 Å². The maximum absolute atomic E-state index is 12.7. The van der Waals surface area contributed by atoms with Crippen molar-refractivity contribution in [3.63, 3.8) is 0 Å². The number of amides is 1. The highest BCUT2D eigenvalue weighted by atomic mass is 127. The average molecular weight is 694 g/mol. The molecule has 7 nitrogen and oxygen atoms in total. The second kappa shape index (κ2) is 12.6. The molecule has 0 spiro atoms. The van der Waals surface area contributed by atoms with Gasteiger partial charge in [-0.05, 0) is 112 Å². The van der Waals surface area contributed by atoms with Crippen LogP contribution in [-0.4, -0.2) is 23.6 Å². The number of carboxylic acid groups (broad SMARTS) is 1. The Hall–Kier alpha value is -3.11. The van der Waals surface area contributed by atoms with E-state index in [0.29, 0.717) is 30.3 Å². The zero-order valence-electron chi connectivity index (χ0n) is 18.5. The molecule has 3 aromatic rings. The monoisotopic (exact) mass is 694 g/mol. The summed E-state index contributed by atoms with van der Waals surface area (Å²) in [6, 6.07) is 19.2. The van der Waals surface area contributed by atoms with Gasteiger partial charge in [-0.15, -0.1) is 0 Å². The van der Waals surface area contributed by atoms with Crippen molar-refractivity contribution >= 4 is 68.8 Å². The molecule has 0 bridgehead atoms. The van der Waals surface area contributed by atoms with Crippen molar-refractivity contribution in [2.24, 2.45) is 0 Å². The number of hydrogen-bond acceptors (Lipinski definition) is 5. The summed E-state index contributed by atoms with van der Waals surface area (Å²) in [5, 5.41) is 21.3. The number of rotatable bonds is 9. The van der Waals surface area contributed by atoms with Gasteiger partial charge >= 0.3 is 5.97 Å². The number of carbonyl (C=O) groups is 2. The fourth-order valence-corrected chi connectivity index (χ4v) is 4.19. The van der Waals surface area contributed by atoms with Gasteiger partial charge in [0.15, 0.2) is 11.5 Å². The van der Waals surface area contributed by atoms with Crippen molar-refractivity contribution in [1.29, 1.82) is 5.26 Å². The minimum Gasteiger partial charge on any atom is -0.490 e. The fraction of sp³-hybridized carbons (Fsp3) is 0.115. The number of aromatic carboxylic acids is 1. The van der Waals surface area contributed by atoms with E-state index in [4.69, 9.17) is 14.6 Å². The summed E-state index contributed by atoms with van der Waals surface area (Å²) < 4.78 is 13.7. The van der Waals surface area contributed by atoms with E-state index >= 15 is 0 Å². The predicted octanol–water partition coefficient (Wildman–Crippen LogP) is 6.12. The molecule has 0 fully saturated rings. The molecule has 0 aliphatic rings. The number of hydrogen-bond donors (Lipinski definition) is 2. The number of anilines is 1. The van der Waals surface area contributed by atoms with Crippen LogP contribution in [0, 0.1) is 18.5 Å². The summed E-state index contributed by atoms with van der Waals surface area (Å²) in [5.41, 5.74) is 1.77. The molecule has 0 aliphatic heterocycles. The maximum atomic E-state index is 12.7. The molecule has 9 heteroatoms. The number of nitriles is 1. The molecule has 1 amide bonds. The summed E-state index contributed by atoms with van der Waals surface area (Å²) in [4.78, 5) is 23.8. The Morgan fingerprint density at radius 2 is 1.83 bits per heavy atom. The Balaban J connectivity index is 1.84. The molecule has 2 N–H and O–H groups in total. The second-order valence-electron chi connectivity index (χ2n) is 7.19. The molecule has 35 heavy (non-hydrogen) atoms. The Kier molecular flexibility index (Phi) is 9.50. The van der Waals surface area contributed by atoms with Gasteiger partial charge < -0.3 is 19.9 Å². The first-order valence-corrected chi connectivity index (χ1v) is 12.6. The van der Waals surface area contributed by atoms with Crippen LogP contribution in [0.2, 0.25) is 0 Å². The molecule has 0 heterocycles. The van der Waals surface area contributed by atoms with Gasteiger partial charge in [0, 0.05) is 9.26 Å². The number of carboxylic acids is 1. The minimum atomic E-state index is -1.11. The van der Waals surface area contributed by atoms with Gasteiger partial charge in [0.25, 0.3) is 5.91 Å². The van der Waals surface area contributed by atoms with E-state index < -0.39 is 11.9 Å². The van der Waals surface area contributed by atoms with Crippen LogP contribution in [0.25, 0.3) is 6.08 Å². The van der Waals surface area contributed by atoms with E-state index in [2.05, 4.69) is 50.5 Å². The summed E-state index contributed by atoms with van der Waals surface area (Å²) in [5.74, 6) is -0.679. The first-order chi connectivity index (χ1) is 16.8. The van der Waals surface area contributed by atoms with Gasteiger partial charge in [0.2, 0.25) is 0 Å². The summed E-state index contributed by atoms with van der Waals surface area (Å²) in [7, 11) is 0. The third-order valence-electron chi connectivity index (χ3n) is 4.67. The highest BCUT2D eigenvalue weighted by molar-refractivity contribution is 14.1. The molecule has 3 rings (SSSR count). The summed E-state index contributed by atoms with van der Waals surface area (Å²) >= 11 is 4.38. The smallest absolute Gasteiger partial charge is 0.335 e. The van der Waals surface area contributed by atoms with Gasteiger partial charge in [-0.3, -0.25) is 4.79 Å². The zero-order chi connectivity index (χ0) is 25.4. The van der Waals surface area contributed by atoms with Crippen LogP contribution in [0.1, 0.15) is 28.4 Å². The third-order valence-corrected chi connectivity index (χ3v) is 6.19. The van der Waals surface area contributed by atoms with Gasteiger partial charge in [0.1, 0.15) is 18.2 Å². The van der Waals surface area contributed by atoms with Gasteiger partial charge in [-0.1, -0.05) is 18.2 Å². The van der Waals surface area contributed by atoms with Gasteiger partial charge in [-0.25, -0.2) is 4.79 Å². The lowest BCUT2D eigenvalue weighted by Crippen LogP contribution is -2.14. The van der Waals surface area contributed by atoms with Crippen molar-refractivity contribution in [2.75, 3.05) is 11.9 Å². The van der Waals surface area contributed by atoms with Gasteiger partial charge in [0.05, 0.1) is 15.7 Å². The van der Waals surface area contributed by atoms with Gasteiger partial charge in [-0.2, -0.15) is 5.26 Å². The van der Waals surface area contributed by atoms with Crippen LogP contribution in [0.5, 0.6) is 11.5 Å². The first-order valence-electron chi connectivity index (χ1n) is 10.4. The standard InChI is InChI=1S/C26H20I2N2O5/c1-2-34-23-12-17(11-22(28)24(23)35-15-16-6-8-20(27)9-7-16)10-19(14-29)25(31)30-21-5-3-4-18(13-21)26(32)33/h3-13H,2,15H2,1H3,(H,30,31)(H,32,33)/b19-10-. The lowest BCUT2D eigenvalue weighted by Gasteiger charge is -2.15. The van der Waals surface area contributed by atoms with E-state index in [1.807, 2.05) is 37.3 Å². The highest BCUT2D eigenvalue weighted by Crippen LogP contribution is 2.35. The lowest BCUT2D eigenvalue weighted by molar-refractivity contribution is -0.112. The van der Waals surface area contributed by atoms with E-state index in [9.17, 15) is 14.9 Å². The normalized spacial score (nSPS) is 10.9. The third kappa shape index (κ3) is 7.43. The molecule has 0 radical (unpaired) electrons. The molecule has 3 aromatic carbocycles. The van der Waals surface area contributed by atoms with Crippen LogP contribution in [-0.2, 0) is 11.4 Å². The van der Waals surface area contributed by atoms with Crippen molar-refractivity contribution in [1.82, 2.24) is 0 Å². The largest absolute Gasteiger partial charge is 0.490 e. The summed E-state index contributed by atoms with van der Waals surface area (Å²) in [6.45, 7) is 2.63. The van der Waals surface area contributed by atoms with E-state index in [-0.39, 0.29) is 16.8 Å². The Labute approximate surface area is 230 Å². The fourth-order valence-electron chi connectivity index (χ4n) is 3.05. The molecule has 0 unspecified atom stereocenters. The molecule has 0 saturated carbocycles. The molecule has 178 valence electrons. The number of carbonyl (C=O) groups excluding carboxylic acids is 1. The first kappa shape index (κ1) is 26.5. The average Bonchev–Trinajstić information content (AvgIpc) is 2.83. The predicted molar refractivity (Wildman–Crippen MR) is 149 cm³/mol. The number of nitrogens with zero attached hydrogens (tertiary/aromatic N) is 1. The molecular weight excluding hydrogens is 674 g/mol. The maximum Gasteiger partial charge on any atom is 0.335 e. The van der Waals surface area contributed by atoms with Crippen molar-refractivity contribution in [3.8, 4) is 17.6 Å². The quantitative estimate of drug-likeness (QED) is 0.159. The van der Waals surface area contributed by atoms with Crippen LogP contribution >= 0.6 is 45.2 Å². The summed E-state index contributed by atoms with van der Waals surface area (Å²) in [6.07, 6.45) is 1.45. The van der Waals surface area contributed by atoms with Crippen molar-refractivity contribution in [2.45, 2.75) is 13.5 Å². The van der Waals surface area contributed by atoms with Crippen LogP contribution < -0.4 is 14.8 Å². The zero-order valence-corrected chi connectivity index (χ0v) is 22.9. The minimum absolute atomic E-state index is 0.0297. The number of nitrogens with one attached hydrogen (secondary N) is 1. The van der Waals surface area contributed by atoms with Crippen LogP contribution in [0.4, 0.5) is 5.69 Å². The Bertz CT molecular complexity index is 1310. The topological polar surface area (TPSA) is 109 Å². The second-order valence-corrected chi connectivity index (χ2v) is 9.60. The van der Waals surface area contributed by atoms with Crippen LogP contribution in [0.3, 0.4) is 0 Å². The van der Waals surface area contributed by atoms with Crippen LogP contribution in [0.15, 0.2) is 66.2 Å². The number of ether oxygens (including phenoxy) is 2. The Morgan fingerprint density at radius 1 is 1.09 bits per heavy atom. The van der Waals surface area contributed by atoms with E-state index in [1.54, 1.807) is 18.2 Å².